The molecule has 3 nitrogen and oxygen atoms in total. The number of nitrogens with one attached hydrogen (secondary N) is 1. The number of hydrogen-bond acceptors (Lipinski definition) is 3. The summed E-state index contributed by atoms with van der Waals surface area (Å²) in [6, 6.07) is 0. The lowest BCUT2D eigenvalue weighted by molar-refractivity contribution is 0.153. The molecular formula is C15H31N3. The number of rotatable bonds is 7. The van der Waals surface area contributed by atoms with Gasteiger partial charge in [0, 0.05) is 6.54 Å². The van der Waals surface area contributed by atoms with Crippen LogP contribution in [0.1, 0.15) is 39.0 Å². The van der Waals surface area contributed by atoms with Crippen LogP contribution in [0.3, 0.4) is 0 Å². The molecular weight excluding hydrogens is 222 g/mol. The van der Waals surface area contributed by atoms with Gasteiger partial charge in [0.15, 0.2) is 0 Å². The summed E-state index contributed by atoms with van der Waals surface area (Å²) in [6.07, 6.45) is 7.03. The third kappa shape index (κ3) is 4.87. The van der Waals surface area contributed by atoms with Crippen molar-refractivity contribution in [1.29, 1.82) is 0 Å². The Kier molecular flexibility index (Phi) is 6.46. The molecule has 2 aliphatic heterocycles. The summed E-state index contributed by atoms with van der Waals surface area (Å²) < 4.78 is 0. The predicted octanol–water partition coefficient (Wildman–Crippen LogP) is 1.79. The van der Waals surface area contributed by atoms with Crippen LogP contribution in [0.5, 0.6) is 0 Å². The van der Waals surface area contributed by atoms with Crippen molar-refractivity contribution in [2.75, 3.05) is 52.4 Å². The van der Waals surface area contributed by atoms with Gasteiger partial charge in [-0.2, -0.15) is 0 Å². The Balaban J connectivity index is 1.53. The molecule has 0 saturated carbocycles. The Hall–Kier alpha value is -0.120. The van der Waals surface area contributed by atoms with Gasteiger partial charge in [0.05, 0.1) is 0 Å². The molecule has 18 heavy (non-hydrogen) atoms. The van der Waals surface area contributed by atoms with E-state index in [1.807, 2.05) is 0 Å². The van der Waals surface area contributed by atoms with E-state index in [2.05, 4.69) is 22.0 Å². The summed E-state index contributed by atoms with van der Waals surface area (Å²) in [5, 5.41) is 3.41. The van der Waals surface area contributed by atoms with Crippen molar-refractivity contribution >= 4 is 0 Å². The molecule has 0 unspecified atom stereocenters. The largest absolute Gasteiger partial charge is 0.317 e. The van der Waals surface area contributed by atoms with Gasteiger partial charge in [-0.05, 0) is 83.8 Å². The van der Waals surface area contributed by atoms with Crippen LogP contribution in [0.25, 0.3) is 0 Å². The molecule has 1 N–H and O–H groups in total. The number of likely N-dealkylation sites (tertiary alicyclic amines) is 2. The van der Waals surface area contributed by atoms with Gasteiger partial charge in [0.1, 0.15) is 0 Å². The third-order valence-corrected chi connectivity index (χ3v) is 4.50. The summed E-state index contributed by atoms with van der Waals surface area (Å²) >= 11 is 0. The van der Waals surface area contributed by atoms with E-state index in [1.165, 1.54) is 77.9 Å². The fraction of sp³-hybridized carbons (Fsp3) is 1.00. The highest BCUT2D eigenvalue weighted by Gasteiger charge is 2.22. The molecule has 3 heteroatoms. The standard InChI is InChI=1S/C15H31N3/c1-2-16-8-5-11-17-12-6-15(7-13-17)14-18-9-3-4-10-18/h15-16H,2-14H2,1H3. The van der Waals surface area contributed by atoms with Crippen molar-refractivity contribution in [1.82, 2.24) is 15.1 Å². The molecule has 106 valence electrons. The Labute approximate surface area is 113 Å². The summed E-state index contributed by atoms with van der Waals surface area (Å²) in [5.74, 6) is 0.980. The van der Waals surface area contributed by atoms with Gasteiger partial charge in [0.25, 0.3) is 0 Å². The zero-order valence-corrected chi connectivity index (χ0v) is 12.2. The average molecular weight is 253 g/mol. The van der Waals surface area contributed by atoms with E-state index in [0.29, 0.717) is 0 Å². The smallest absolute Gasteiger partial charge is 0.00106 e. The molecule has 2 aliphatic rings. The van der Waals surface area contributed by atoms with Crippen LogP contribution >= 0.6 is 0 Å². The van der Waals surface area contributed by atoms with Crippen molar-refractivity contribution in [3.8, 4) is 0 Å². The zero-order chi connectivity index (χ0) is 12.6. The second-order valence-corrected chi connectivity index (χ2v) is 6.00. The highest BCUT2D eigenvalue weighted by atomic mass is 15.2. The third-order valence-electron chi connectivity index (χ3n) is 4.50. The Morgan fingerprint density at radius 1 is 1.00 bits per heavy atom. The van der Waals surface area contributed by atoms with Crippen molar-refractivity contribution in [3.63, 3.8) is 0 Å². The number of hydrogen-bond donors (Lipinski definition) is 1. The molecule has 0 aromatic carbocycles. The maximum atomic E-state index is 3.41. The van der Waals surface area contributed by atoms with Crippen LogP contribution in [0.15, 0.2) is 0 Å². The first-order valence-corrected chi connectivity index (χ1v) is 8.04. The Bertz CT molecular complexity index is 206. The van der Waals surface area contributed by atoms with Gasteiger partial charge in [-0.3, -0.25) is 0 Å². The highest BCUT2D eigenvalue weighted by molar-refractivity contribution is 4.77. The molecule has 0 aromatic rings. The minimum absolute atomic E-state index is 0.980. The first kappa shape index (κ1) is 14.3. The van der Waals surface area contributed by atoms with Gasteiger partial charge in [-0.15, -0.1) is 0 Å². The van der Waals surface area contributed by atoms with Crippen LogP contribution in [0, 0.1) is 5.92 Å². The molecule has 0 amide bonds. The second-order valence-electron chi connectivity index (χ2n) is 6.00. The van der Waals surface area contributed by atoms with Crippen molar-refractivity contribution in [2.24, 2.45) is 5.92 Å². The molecule has 0 aromatic heterocycles. The average Bonchev–Trinajstić information content (AvgIpc) is 2.89. The van der Waals surface area contributed by atoms with Crippen LogP contribution in [0.4, 0.5) is 0 Å². The highest BCUT2D eigenvalue weighted by Crippen LogP contribution is 2.20. The molecule has 0 aliphatic carbocycles. The van der Waals surface area contributed by atoms with E-state index in [4.69, 9.17) is 0 Å². The summed E-state index contributed by atoms with van der Waals surface area (Å²) in [6.45, 7) is 12.6. The van der Waals surface area contributed by atoms with Gasteiger partial charge < -0.3 is 15.1 Å². The summed E-state index contributed by atoms with van der Waals surface area (Å²) in [4.78, 5) is 5.35. The lowest BCUT2D eigenvalue weighted by Gasteiger charge is -2.33. The maximum absolute atomic E-state index is 3.41. The molecule has 2 heterocycles. The first-order valence-electron chi connectivity index (χ1n) is 8.04. The lowest BCUT2D eigenvalue weighted by Crippen LogP contribution is -2.39. The quantitative estimate of drug-likeness (QED) is 0.698. The van der Waals surface area contributed by atoms with Gasteiger partial charge in [-0.1, -0.05) is 6.92 Å². The maximum Gasteiger partial charge on any atom is 0.00106 e. The lowest BCUT2D eigenvalue weighted by atomic mass is 9.96. The van der Waals surface area contributed by atoms with E-state index in [0.717, 1.165) is 12.5 Å². The van der Waals surface area contributed by atoms with Crippen molar-refractivity contribution < 1.29 is 0 Å². The topological polar surface area (TPSA) is 18.5 Å². The Morgan fingerprint density at radius 3 is 2.39 bits per heavy atom. The van der Waals surface area contributed by atoms with Crippen LogP contribution in [-0.2, 0) is 0 Å². The monoisotopic (exact) mass is 253 g/mol. The van der Waals surface area contributed by atoms with Crippen LogP contribution in [0.2, 0.25) is 0 Å². The Morgan fingerprint density at radius 2 is 1.72 bits per heavy atom. The van der Waals surface area contributed by atoms with E-state index in [9.17, 15) is 0 Å². The molecule has 0 bridgehead atoms. The minimum atomic E-state index is 0.980. The van der Waals surface area contributed by atoms with Crippen molar-refractivity contribution in [2.45, 2.75) is 39.0 Å². The fourth-order valence-corrected chi connectivity index (χ4v) is 3.33. The minimum Gasteiger partial charge on any atom is -0.317 e. The summed E-state index contributed by atoms with van der Waals surface area (Å²) in [7, 11) is 0. The van der Waals surface area contributed by atoms with E-state index < -0.39 is 0 Å². The van der Waals surface area contributed by atoms with Crippen LogP contribution in [-0.4, -0.2) is 62.2 Å². The normalized spacial score (nSPS) is 23.8. The molecule has 0 radical (unpaired) electrons. The second kappa shape index (κ2) is 8.13. The van der Waals surface area contributed by atoms with E-state index >= 15 is 0 Å². The van der Waals surface area contributed by atoms with E-state index in [1.54, 1.807) is 0 Å². The van der Waals surface area contributed by atoms with Crippen molar-refractivity contribution in [3.05, 3.63) is 0 Å². The van der Waals surface area contributed by atoms with Gasteiger partial charge in [-0.25, -0.2) is 0 Å². The van der Waals surface area contributed by atoms with Gasteiger partial charge >= 0.3 is 0 Å². The van der Waals surface area contributed by atoms with E-state index in [-0.39, 0.29) is 0 Å². The summed E-state index contributed by atoms with van der Waals surface area (Å²) in [5.41, 5.74) is 0. The fourth-order valence-electron chi connectivity index (χ4n) is 3.33. The van der Waals surface area contributed by atoms with Crippen LogP contribution < -0.4 is 5.32 Å². The molecule has 0 spiro atoms. The number of nitrogens with zero attached hydrogens (tertiary/aromatic N) is 2. The van der Waals surface area contributed by atoms with Gasteiger partial charge in [0.2, 0.25) is 0 Å². The SMILES string of the molecule is CCNCCCN1CCC(CN2CCCC2)CC1. The predicted molar refractivity (Wildman–Crippen MR) is 78.0 cm³/mol. The molecule has 2 fully saturated rings. The number of piperidine rings is 1. The molecule has 0 atom stereocenters. The first-order chi connectivity index (χ1) is 8.88. The molecule has 2 saturated heterocycles. The molecule has 2 rings (SSSR count). The zero-order valence-electron chi connectivity index (χ0n) is 12.2.